The van der Waals surface area contributed by atoms with Crippen LogP contribution in [0.5, 0.6) is 0 Å². The lowest BCUT2D eigenvalue weighted by atomic mass is 10.0. The van der Waals surface area contributed by atoms with Gasteiger partial charge in [-0.3, -0.25) is 9.59 Å². The summed E-state index contributed by atoms with van der Waals surface area (Å²) in [6, 6.07) is 0. The molecule has 64 valence electrons. The van der Waals surface area contributed by atoms with E-state index in [4.69, 9.17) is 10.2 Å². The molecule has 0 heterocycles. The molecule has 0 amide bonds. The second-order valence-electron chi connectivity index (χ2n) is 2.16. The summed E-state index contributed by atoms with van der Waals surface area (Å²) in [5, 5.41) is 17.0. The second-order valence-corrected chi connectivity index (χ2v) is 3.52. The first-order valence-corrected chi connectivity index (χ1v) is 3.90. The van der Waals surface area contributed by atoms with Crippen LogP contribution in [0.3, 0.4) is 0 Å². The van der Waals surface area contributed by atoms with Crippen molar-refractivity contribution in [2.45, 2.75) is 24.1 Å². The maximum Gasteiger partial charge on any atom is 0.332 e. The van der Waals surface area contributed by atoms with Crippen molar-refractivity contribution in [2.24, 2.45) is 0 Å². The molecule has 4 nitrogen and oxygen atoms in total. The molecule has 0 aromatic heterocycles. The van der Waals surface area contributed by atoms with E-state index < -0.39 is 16.3 Å². The number of carboxylic acid groups (broad SMARTS) is 2. The Hall–Kier alpha value is -0.580. The predicted octanol–water partition coefficient (Wildman–Crippen LogP) is 1.09. The minimum absolute atomic E-state index is 0.0810. The van der Waals surface area contributed by atoms with Crippen LogP contribution in [-0.2, 0) is 9.59 Å². The summed E-state index contributed by atoms with van der Waals surface area (Å²) in [6.07, 6.45) is 0.585. The van der Waals surface area contributed by atoms with Crippen molar-refractivity contribution in [1.29, 1.82) is 0 Å². The van der Waals surface area contributed by atoms with E-state index in [9.17, 15) is 9.59 Å². The summed E-state index contributed by atoms with van der Waals surface area (Å²) in [5.41, 5.74) is 0. The van der Waals surface area contributed by atoms with Gasteiger partial charge in [-0.15, -0.1) is 0 Å². The van der Waals surface area contributed by atoms with Crippen molar-refractivity contribution < 1.29 is 19.8 Å². The summed E-state index contributed by atoms with van der Waals surface area (Å²) in [4.78, 5) is 20.8. The van der Waals surface area contributed by atoms with Crippen LogP contribution in [0.4, 0.5) is 0 Å². The highest BCUT2D eigenvalue weighted by molar-refractivity contribution is 9.10. The SMILES string of the molecule is CCCC(Br)(C(=O)O)C(=O)O. The van der Waals surface area contributed by atoms with Gasteiger partial charge < -0.3 is 10.2 Å². The number of aliphatic carboxylic acids is 2. The Bertz CT molecular complexity index is 163. The number of halogens is 1. The minimum Gasteiger partial charge on any atom is -0.480 e. The highest BCUT2D eigenvalue weighted by Crippen LogP contribution is 2.24. The zero-order chi connectivity index (χ0) is 9.07. The van der Waals surface area contributed by atoms with Crippen LogP contribution in [-0.4, -0.2) is 26.5 Å². The van der Waals surface area contributed by atoms with Gasteiger partial charge in [0.05, 0.1) is 0 Å². The van der Waals surface area contributed by atoms with Crippen LogP contribution in [0.25, 0.3) is 0 Å². The summed E-state index contributed by atoms with van der Waals surface area (Å²) < 4.78 is -1.80. The first-order chi connectivity index (χ1) is 4.95. The zero-order valence-corrected chi connectivity index (χ0v) is 7.59. The lowest BCUT2D eigenvalue weighted by Crippen LogP contribution is -2.40. The fourth-order valence-electron chi connectivity index (χ4n) is 0.650. The number of carbonyl (C=O) groups is 2. The molecular formula is C6H9BrO4. The van der Waals surface area contributed by atoms with Crippen LogP contribution < -0.4 is 0 Å². The van der Waals surface area contributed by atoms with Gasteiger partial charge in [0, 0.05) is 0 Å². The molecular weight excluding hydrogens is 216 g/mol. The summed E-state index contributed by atoms with van der Waals surface area (Å²) >= 11 is 2.68. The van der Waals surface area contributed by atoms with E-state index >= 15 is 0 Å². The number of rotatable bonds is 4. The molecule has 0 saturated heterocycles. The Kier molecular flexibility index (Phi) is 3.51. The maximum absolute atomic E-state index is 10.4. The van der Waals surface area contributed by atoms with Gasteiger partial charge >= 0.3 is 11.9 Å². The van der Waals surface area contributed by atoms with E-state index in [2.05, 4.69) is 15.9 Å². The lowest BCUT2D eigenvalue weighted by molar-refractivity contribution is -0.151. The number of hydrogen-bond donors (Lipinski definition) is 2. The number of hydrogen-bond acceptors (Lipinski definition) is 2. The second kappa shape index (κ2) is 3.71. The van der Waals surface area contributed by atoms with Gasteiger partial charge in [-0.2, -0.15) is 0 Å². The zero-order valence-electron chi connectivity index (χ0n) is 6.00. The first kappa shape index (κ1) is 10.4. The third kappa shape index (κ3) is 2.18. The molecule has 0 aliphatic rings. The molecule has 2 N–H and O–H groups in total. The van der Waals surface area contributed by atoms with E-state index in [0.717, 1.165) is 0 Å². The Labute approximate surface area is 72.3 Å². The molecule has 11 heavy (non-hydrogen) atoms. The molecule has 0 aromatic rings. The Morgan fingerprint density at radius 3 is 1.82 bits per heavy atom. The molecule has 0 aliphatic carbocycles. The Balaban J connectivity index is 4.52. The number of carboxylic acids is 2. The first-order valence-electron chi connectivity index (χ1n) is 3.11. The van der Waals surface area contributed by atoms with E-state index in [-0.39, 0.29) is 6.42 Å². The van der Waals surface area contributed by atoms with Crippen LogP contribution in [0.1, 0.15) is 19.8 Å². The van der Waals surface area contributed by atoms with Gasteiger partial charge in [-0.05, 0) is 6.42 Å². The summed E-state index contributed by atoms with van der Waals surface area (Å²) in [7, 11) is 0. The molecule has 0 aromatic carbocycles. The lowest BCUT2D eigenvalue weighted by Gasteiger charge is -2.15. The highest BCUT2D eigenvalue weighted by atomic mass is 79.9. The quantitative estimate of drug-likeness (QED) is 0.554. The van der Waals surface area contributed by atoms with Gasteiger partial charge in [-0.25, -0.2) is 0 Å². The van der Waals surface area contributed by atoms with Gasteiger partial charge in [0.1, 0.15) is 0 Å². The van der Waals surface area contributed by atoms with Crippen molar-refractivity contribution in [3.8, 4) is 0 Å². The molecule has 0 rings (SSSR count). The van der Waals surface area contributed by atoms with E-state index in [0.29, 0.717) is 6.42 Å². The molecule has 0 spiro atoms. The minimum atomic E-state index is -1.80. The van der Waals surface area contributed by atoms with Crippen LogP contribution in [0.15, 0.2) is 0 Å². The van der Waals surface area contributed by atoms with Crippen LogP contribution in [0, 0.1) is 0 Å². The predicted molar refractivity (Wildman–Crippen MR) is 41.8 cm³/mol. The molecule has 0 aliphatic heterocycles. The maximum atomic E-state index is 10.4. The van der Waals surface area contributed by atoms with Gasteiger partial charge in [0.15, 0.2) is 0 Å². The topological polar surface area (TPSA) is 74.6 Å². The van der Waals surface area contributed by atoms with E-state index in [1.807, 2.05) is 0 Å². The smallest absolute Gasteiger partial charge is 0.332 e. The fraction of sp³-hybridized carbons (Fsp3) is 0.667. The molecule has 0 saturated carbocycles. The third-order valence-electron chi connectivity index (χ3n) is 1.27. The highest BCUT2D eigenvalue weighted by Gasteiger charge is 2.42. The molecule has 0 radical (unpaired) electrons. The average molecular weight is 225 g/mol. The van der Waals surface area contributed by atoms with Gasteiger partial charge in [-0.1, -0.05) is 29.3 Å². The molecule has 0 unspecified atom stereocenters. The summed E-state index contributed by atoms with van der Waals surface area (Å²) in [6.45, 7) is 1.72. The van der Waals surface area contributed by atoms with Gasteiger partial charge in [0.25, 0.3) is 0 Å². The van der Waals surface area contributed by atoms with Crippen LogP contribution in [0.2, 0.25) is 0 Å². The standard InChI is InChI=1S/C6H9BrO4/c1-2-3-6(7,4(8)9)5(10)11/h2-3H2,1H3,(H,8,9)(H,10,11). The van der Waals surface area contributed by atoms with E-state index in [1.54, 1.807) is 6.92 Å². The van der Waals surface area contributed by atoms with Crippen molar-refractivity contribution in [2.75, 3.05) is 0 Å². The van der Waals surface area contributed by atoms with Crippen LogP contribution >= 0.6 is 15.9 Å². The average Bonchev–Trinajstić information content (AvgIpc) is 1.87. The van der Waals surface area contributed by atoms with Crippen molar-refractivity contribution in [3.63, 3.8) is 0 Å². The molecule has 0 fully saturated rings. The summed E-state index contributed by atoms with van der Waals surface area (Å²) in [5.74, 6) is -2.71. The monoisotopic (exact) mass is 224 g/mol. The fourth-order valence-corrected chi connectivity index (χ4v) is 1.05. The van der Waals surface area contributed by atoms with Crippen molar-refractivity contribution in [3.05, 3.63) is 0 Å². The van der Waals surface area contributed by atoms with Crippen molar-refractivity contribution in [1.82, 2.24) is 0 Å². The molecule has 5 heteroatoms. The molecule has 0 atom stereocenters. The van der Waals surface area contributed by atoms with Gasteiger partial charge in [0.2, 0.25) is 4.32 Å². The molecule has 0 bridgehead atoms. The van der Waals surface area contributed by atoms with E-state index in [1.165, 1.54) is 0 Å². The Morgan fingerprint density at radius 2 is 1.73 bits per heavy atom. The number of alkyl halides is 1. The normalized spacial score (nSPS) is 11.1. The Morgan fingerprint density at radius 1 is 1.36 bits per heavy atom. The third-order valence-corrected chi connectivity index (χ3v) is 2.35. The largest absolute Gasteiger partial charge is 0.480 e. The van der Waals surface area contributed by atoms with Crippen molar-refractivity contribution >= 4 is 27.9 Å².